The molecule has 2 N–H and O–H groups in total. The summed E-state index contributed by atoms with van der Waals surface area (Å²) in [6.07, 6.45) is 6.43. The van der Waals surface area contributed by atoms with E-state index in [1.54, 1.807) is 6.20 Å². The van der Waals surface area contributed by atoms with Gasteiger partial charge in [0.05, 0.1) is 6.20 Å². The van der Waals surface area contributed by atoms with Gasteiger partial charge >= 0.3 is 0 Å². The van der Waals surface area contributed by atoms with Crippen molar-refractivity contribution in [2.45, 2.75) is 37.8 Å². The van der Waals surface area contributed by atoms with Crippen LogP contribution in [0, 0.1) is 0 Å². The summed E-state index contributed by atoms with van der Waals surface area (Å²) >= 11 is 3.29. The summed E-state index contributed by atoms with van der Waals surface area (Å²) in [6, 6.07) is 3.96. The minimum Gasteiger partial charge on any atom is -0.487 e. The number of halogens is 1. The molecule has 0 bridgehead atoms. The van der Waals surface area contributed by atoms with Gasteiger partial charge in [-0.2, -0.15) is 0 Å². The van der Waals surface area contributed by atoms with Gasteiger partial charge in [-0.25, -0.2) is 4.98 Å². The molecule has 0 aliphatic heterocycles. The van der Waals surface area contributed by atoms with Gasteiger partial charge in [-0.1, -0.05) is 6.42 Å². The first-order chi connectivity index (χ1) is 7.25. The molecular weight excluding hydrogens is 256 g/mol. The Balaban J connectivity index is 1.98. The maximum atomic E-state index is 6.00. The third-order valence-electron chi connectivity index (χ3n) is 2.74. The van der Waals surface area contributed by atoms with Gasteiger partial charge in [-0.3, -0.25) is 0 Å². The topological polar surface area (TPSA) is 48.1 Å². The van der Waals surface area contributed by atoms with E-state index in [-0.39, 0.29) is 12.1 Å². The van der Waals surface area contributed by atoms with E-state index in [0.29, 0.717) is 0 Å². The van der Waals surface area contributed by atoms with Gasteiger partial charge in [-0.05, 0) is 47.3 Å². The number of rotatable bonds is 2. The van der Waals surface area contributed by atoms with Crippen molar-refractivity contribution in [2.75, 3.05) is 0 Å². The molecule has 0 spiro atoms. The average Bonchev–Trinajstić information content (AvgIpc) is 2.25. The minimum absolute atomic E-state index is 0.154. The van der Waals surface area contributed by atoms with E-state index in [4.69, 9.17) is 10.5 Å². The quantitative estimate of drug-likeness (QED) is 0.841. The lowest BCUT2D eigenvalue weighted by atomic mass is 9.93. The molecule has 1 aliphatic carbocycles. The third kappa shape index (κ3) is 2.92. The lowest BCUT2D eigenvalue weighted by molar-refractivity contribution is 0.132. The maximum Gasteiger partial charge on any atom is 0.138 e. The molecule has 3 nitrogen and oxygen atoms in total. The third-order valence-corrected chi connectivity index (χ3v) is 3.21. The van der Waals surface area contributed by atoms with Crippen LogP contribution in [0.5, 0.6) is 5.75 Å². The summed E-state index contributed by atoms with van der Waals surface area (Å²) < 4.78 is 6.64. The van der Waals surface area contributed by atoms with E-state index in [2.05, 4.69) is 20.9 Å². The number of pyridine rings is 1. The van der Waals surface area contributed by atoms with E-state index in [1.807, 2.05) is 12.1 Å². The largest absolute Gasteiger partial charge is 0.487 e. The molecule has 0 amide bonds. The molecular formula is C11H15BrN2O. The summed E-state index contributed by atoms with van der Waals surface area (Å²) in [5.74, 6) is 0.806. The molecule has 0 unspecified atom stereocenters. The number of hydrogen-bond donors (Lipinski definition) is 1. The Morgan fingerprint density at radius 1 is 1.33 bits per heavy atom. The van der Waals surface area contributed by atoms with Crippen LogP contribution in [0.25, 0.3) is 0 Å². The molecule has 82 valence electrons. The predicted octanol–water partition coefficient (Wildman–Crippen LogP) is 2.49. The van der Waals surface area contributed by atoms with Gasteiger partial charge in [0.2, 0.25) is 0 Å². The molecule has 0 aromatic carbocycles. The smallest absolute Gasteiger partial charge is 0.138 e. The zero-order valence-corrected chi connectivity index (χ0v) is 10.1. The Labute approximate surface area is 98.2 Å². The van der Waals surface area contributed by atoms with Crippen molar-refractivity contribution in [1.29, 1.82) is 0 Å². The van der Waals surface area contributed by atoms with Crippen LogP contribution in [0.3, 0.4) is 0 Å². The number of nitrogens with two attached hydrogens (primary N) is 1. The molecule has 0 radical (unpaired) electrons. The van der Waals surface area contributed by atoms with Crippen LogP contribution in [0.1, 0.15) is 25.7 Å². The van der Waals surface area contributed by atoms with E-state index in [0.717, 1.165) is 23.2 Å². The second kappa shape index (κ2) is 4.94. The fourth-order valence-corrected chi connectivity index (χ4v) is 2.11. The van der Waals surface area contributed by atoms with Crippen molar-refractivity contribution in [2.24, 2.45) is 5.73 Å². The molecule has 1 fully saturated rings. The highest BCUT2D eigenvalue weighted by atomic mass is 79.9. The highest BCUT2D eigenvalue weighted by Gasteiger charge is 2.23. The molecule has 4 heteroatoms. The Kier molecular flexibility index (Phi) is 3.59. The van der Waals surface area contributed by atoms with Crippen LogP contribution >= 0.6 is 15.9 Å². The number of hydrogen-bond acceptors (Lipinski definition) is 3. The Morgan fingerprint density at radius 3 is 2.80 bits per heavy atom. The van der Waals surface area contributed by atoms with Crippen molar-refractivity contribution in [1.82, 2.24) is 4.98 Å². The van der Waals surface area contributed by atoms with Crippen LogP contribution in [-0.4, -0.2) is 17.1 Å². The van der Waals surface area contributed by atoms with Crippen LogP contribution in [0.2, 0.25) is 0 Å². The normalized spacial score (nSPS) is 26.3. The summed E-state index contributed by atoms with van der Waals surface area (Å²) in [5, 5.41) is 0. The fourth-order valence-electron chi connectivity index (χ4n) is 1.88. The van der Waals surface area contributed by atoms with Gasteiger partial charge in [0.1, 0.15) is 16.5 Å². The van der Waals surface area contributed by atoms with Crippen molar-refractivity contribution >= 4 is 15.9 Å². The second-order valence-electron chi connectivity index (χ2n) is 3.92. The molecule has 2 atom stereocenters. The second-order valence-corrected chi connectivity index (χ2v) is 4.73. The minimum atomic E-state index is 0.154. The number of aromatic nitrogens is 1. The van der Waals surface area contributed by atoms with Gasteiger partial charge in [0.25, 0.3) is 0 Å². The van der Waals surface area contributed by atoms with Crippen molar-refractivity contribution < 1.29 is 4.74 Å². The van der Waals surface area contributed by atoms with E-state index < -0.39 is 0 Å². The molecule has 0 saturated heterocycles. The highest BCUT2D eigenvalue weighted by molar-refractivity contribution is 9.10. The zero-order valence-electron chi connectivity index (χ0n) is 8.53. The summed E-state index contributed by atoms with van der Waals surface area (Å²) in [4.78, 5) is 4.12. The lowest BCUT2D eigenvalue weighted by Crippen LogP contribution is -2.41. The van der Waals surface area contributed by atoms with Crippen LogP contribution in [0.15, 0.2) is 22.9 Å². The van der Waals surface area contributed by atoms with Crippen LogP contribution < -0.4 is 10.5 Å². The molecule has 1 aromatic heterocycles. The Hall–Kier alpha value is -0.610. The Bertz CT molecular complexity index is 315. The van der Waals surface area contributed by atoms with Crippen LogP contribution in [0.4, 0.5) is 0 Å². The summed E-state index contributed by atoms with van der Waals surface area (Å²) in [7, 11) is 0. The highest BCUT2D eigenvalue weighted by Crippen LogP contribution is 2.22. The van der Waals surface area contributed by atoms with Crippen molar-refractivity contribution in [3.05, 3.63) is 22.9 Å². The fraction of sp³-hybridized carbons (Fsp3) is 0.545. The summed E-state index contributed by atoms with van der Waals surface area (Å²) in [6.45, 7) is 0. The SMILES string of the molecule is N[C@H]1CCCC[C@H]1Oc1ccc(Br)nc1. The van der Waals surface area contributed by atoms with E-state index in [9.17, 15) is 0 Å². The standard InChI is InChI=1S/C11H15BrN2O/c12-11-6-5-8(7-14-11)15-10-4-2-1-3-9(10)13/h5-7,9-10H,1-4,13H2/t9-,10+/m0/s1. The molecule has 1 saturated carbocycles. The van der Waals surface area contributed by atoms with Gasteiger partial charge in [0, 0.05) is 6.04 Å². The molecule has 1 heterocycles. The van der Waals surface area contributed by atoms with E-state index >= 15 is 0 Å². The van der Waals surface area contributed by atoms with Crippen LogP contribution in [-0.2, 0) is 0 Å². The van der Waals surface area contributed by atoms with Crippen molar-refractivity contribution in [3.8, 4) is 5.75 Å². The first-order valence-corrected chi connectivity index (χ1v) is 6.09. The Morgan fingerprint density at radius 2 is 2.13 bits per heavy atom. The molecule has 1 aliphatic rings. The summed E-state index contributed by atoms with van der Waals surface area (Å²) in [5.41, 5.74) is 6.00. The average molecular weight is 271 g/mol. The molecule has 15 heavy (non-hydrogen) atoms. The monoisotopic (exact) mass is 270 g/mol. The van der Waals surface area contributed by atoms with E-state index in [1.165, 1.54) is 12.8 Å². The molecule has 2 rings (SSSR count). The molecule has 1 aromatic rings. The van der Waals surface area contributed by atoms with Crippen molar-refractivity contribution in [3.63, 3.8) is 0 Å². The first-order valence-electron chi connectivity index (χ1n) is 5.29. The number of ether oxygens (including phenoxy) is 1. The maximum absolute atomic E-state index is 6.00. The lowest BCUT2D eigenvalue weighted by Gasteiger charge is -2.28. The number of nitrogens with zero attached hydrogens (tertiary/aromatic N) is 1. The van der Waals surface area contributed by atoms with Gasteiger partial charge in [-0.15, -0.1) is 0 Å². The van der Waals surface area contributed by atoms with Gasteiger partial charge < -0.3 is 10.5 Å². The van der Waals surface area contributed by atoms with Gasteiger partial charge in [0.15, 0.2) is 0 Å². The predicted molar refractivity (Wildman–Crippen MR) is 62.8 cm³/mol. The zero-order chi connectivity index (χ0) is 10.7. The first kappa shape index (κ1) is 10.9.